The van der Waals surface area contributed by atoms with Crippen molar-refractivity contribution in [3.63, 3.8) is 0 Å². The predicted molar refractivity (Wildman–Crippen MR) is 196 cm³/mol. The number of nitrogens with one attached hydrogen (secondary N) is 2. The molecule has 0 heterocycles. The number of carboxylic acid groups (broad SMARTS) is 2. The molecule has 0 aromatic heterocycles. The Morgan fingerprint density at radius 3 is 1.58 bits per heavy atom. The van der Waals surface area contributed by atoms with Crippen LogP contribution in [0.4, 0.5) is 0 Å². The fraction of sp³-hybridized carbons (Fsp3) is 0.842. The molecule has 14 heteroatoms. The van der Waals surface area contributed by atoms with Crippen LogP contribution in [0.1, 0.15) is 135 Å². The van der Waals surface area contributed by atoms with E-state index in [4.69, 9.17) is 24.1 Å². The van der Waals surface area contributed by atoms with Crippen LogP contribution >= 0.6 is 0 Å². The number of carbonyl (C=O) groups is 6. The molecule has 0 aromatic rings. The Kier molecular flexibility index (Phi) is 34.4. The van der Waals surface area contributed by atoms with Gasteiger partial charge >= 0.3 is 11.9 Å². The Balaban J connectivity index is 3.67. The molecular weight excluding hydrogens is 676 g/mol. The SMILES string of the molecule is CCCNC(=O)COCCOCCCC(=O)COCCOCCNC(=O)CC[C@H](CC(=O)CCCCCCCCCCCCCCC(=O)O)C(=O)O. The first-order chi connectivity index (χ1) is 25.1. The van der Waals surface area contributed by atoms with Gasteiger partial charge in [0.25, 0.3) is 0 Å². The third-order valence-electron chi connectivity index (χ3n) is 8.26. The number of aliphatic carboxylic acids is 2. The van der Waals surface area contributed by atoms with Crippen LogP contribution < -0.4 is 10.6 Å². The molecule has 0 spiro atoms. The van der Waals surface area contributed by atoms with Crippen molar-refractivity contribution in [2.75, 3.05) is 65.9 Å². The molecule has 52 heavy (non-hydrogen) atoms. The average Bonchev–Trinajstić information content (AvgIpc) is 3.11. The normalized spacial score (nSPS) is 11.6. The van der Waals surface area contributed by atoms with E-state index in [1.54, 1.807) is 0 Å². The van der Waals surface area contributed by atoms with Gasteiger partial charge in [0.2, 0.25) is 11.8 Å². The number of carbonyl (C=O) groups excluding carboxylic acids is 4. The first-order valence-corrected chi connectivity index (χ1v) is 19.5. The molecule has 0 rings (SSSR count). The Morgan fingerprint density at radius 1 is 0.500 bits per heavy atom. The van der Waals surface area contributed by atoms with Gasteiger partial charge in [0, 0.05) is 51.8 Å². The van der Waals surface area contributed by atoms with Gasteiger partial charge in [-0.1, -0.05) is 71.1 Å². The van der Waals surface area contributed by atoms with Crippen LogP contribution in [0.3, 0.4) is 0 Å². The molecule has 1 atom stereocenters. The molecular formula is C38H68N2O12. The number of Topliss-reactive ketones (excluding diaryl/α,β-unsaturated/α-hetero) is 2. The van der Waals surface area contributed by atoms with Crippen molar-refractivity contribution < 1.29 is 57.9 Å². The number of amides is 2. The summed E-state index contributed by atoms with van der Waals surface area (Å²) in [6.07, 6.45) is 15.0. The summed E-state index contributed by atoms with van der Waals surface area (Å²) in [6.45, 7) is 4.62. The summed E-state index contributed by atoms with van der Waals surface area (Å²) in [5.41, 5.74) is 0. The highest BCUT2D eigenvalue weighted by Crippen LogP contribution is 2.17. The number of unbranched alkanes of at least 4 members (excludes halogenated alkanes) is 11. The van der Waals surface area contributed by atoms with Gasteiger partial charge in [-0.15, -0.1) is 0 Å². The van der Waals surface area contributed by atoms with Crippen molar-refractivity contribution in [1.82, 2.24) is 10.6 Å². The minimum atomic E-state index is -1.07. The van der Waals surface area contributed by atoms with Crippen molar-refractivity contribution in [2.24, 2.45) is 5.92 Å². The maximum Gasteiger partial charge on any atom is 0.306 e. The maximum atomic E-state index is 12.4. The van der Waals surface area contributed by atoms with E-state index in [1.807, 2.05) is 6.92 Å². The third-order valence-corrected chi connectivity index (χ3v) is 8.26. The summed E-state index contributed by atoms with van der Waals surface area (Å²) >= 11 is 0. The lowest BCUT2D eigenvalue weighted by Gasteiger charge is -2.12. The van der Waals surface area contributed by atoms with Gasteiger partial charge < -0.3 is 39.8 Å². The van der Waals surface area contributed by atoms with E-state index < -0.39 is 17.9 Å². The Morgan fingerprint density at radius 2 is 1.00 bits per heavy atom. The quantitative estimate of drug-likeness (QED) is 0.0610. The summed E-state index contributed by atoms with van der Waals surface area (Å²) in [4.78, 5) is 70.0. The van der Waals surface area contributed by atoms with Crippen LogP contribution in [0, 0.1) is 5.92 Å². The predicted octanol–water partition coefficient (Wildman–Crippen LogP) is 5.03. The standard InChI is InChI=1S/C38H68N2O12/c1-2-21-39-36(44)31-52-28-25-49-23-15-17-34(42)30-51-27-26-50-24-22-40-35(43)20-19-32(38(47)48)29-33(41)16-13-11-9-7-5-3-4-6-8-10-12-14-18-37(45)46/h32H,2-31H2,1H3,(H,39,44)(H,40,43)(H,45,46)(H,47,48)/t32-/m1/s1. The molecule has 0 aliphatic carbocycles. The number of rotatable bonds is 40. The zero-order valence-corrected chi connectivity index (χ0v) is 31.8. The van der Waals surface area contributed by atoms with Gasteiger partial charge in [0.05, 0.1) is 39.0 Å². The van der Waals surface area contributed by atoms with Crippen molar-refractivity contribution >= 4 is 35.3 Å². The van der Waals surface area contributed by atoms with Gasteiger partial charge in [0.1, 0.15) is 19.0 Å². The van der Waals surface area contributed by atoms with Gasteiger partial charge in [-0.3, -0.25) is 28.8 Å². The lowest BCUT2D eigenvalue weighted by molar-refractivity contribution is -0.144. The minimum absolute atomic E-state index is 0.00380. The molecule has 302 valence electrons. The lowest BCUT2D eigenvalue weighted by atomic mass is 9.94. The van der Waals surface area contributed by atoms with E-state index in [1.165, 1.54) is 25.7 Å². The molecule has 0 saturated heterocycles. The summed E-state index contributed by atoms with van der Waals surface area (Å²) in [5.74, 6) is -3.24. The maximum absolute atomic E-state index is 12.4. The van der Waals surface area contributed by atoms with Crippen LogP contribution in [0.25, 0.3) is 0 Å². The molecule has 0 radical (unpaired) electrons. The Hall–Kier alpha value is -2.94. The average molecular weight is 745 g/mol. The van der Waals surface area contributed by atoms with Crippen molar-refractivity contribution in [3.05, 3.63) is 0 Å². The van der Waals surface area contributed by atoms with E-state index in [-0.39, 0.29) is 88.6 Å². The molecule has 0 unspecified atom stereocenters. The zero-order valence-electron chi connectivity index (χ0n) is 31.8. The lowest BCUT2D eigenvalue weighted by Crippen LogP contribution is -2.29. The van der Waals surface area contributed by atoms with Crippen molar-refractivity contribution in [2.45, 2.75) is 135 Å². The summed E-state index contributed by atoms with van der Waals surface area (Å²) in [7, 11) is 0. The van der Waals surface area contributed by atoms with Gasteiger partial charge in [0.15, 0.2) is 5.78 Å². The number of hydrogen-bond acceptors (Lipinski definition) is 10. The number of carboxylic acids is 2. The van der Waals surface area contributed by atoms with Gasteiger partial charge in [-0.05, 0) is 32.1 Å². The largest absolute Gasteiger partial charge is 0.481 e. The Bertz CT molecular complexity index is 962. The fourth-order valence-electron chi connectivity index (χ4n) is 5.26. The molecule has 0 bridgehead atoms. The number of ketones is 2. The first-order valence-electron chi connectivity index (χ1n) is 19.5. The number of hydrogen-bond donors (Lipinski definition) is 4. The molecule has 0 aromatic carbocycles. The van der Waals surface area contributed by atoms with Crippen molar-refractivity contribution in [1.29, 1.82) is 0 Å². The van der Waals surface area contributed by atoms with Crippen LogP contribution in [0.5, 0.6) is 0 Å². The van der Waals surface area contributed by atoms with Gasteiger partial charge in [-0.2, -0.15) is 0 Å². The number of ether oxygens (including phenoxy) is 4. The second-order valence-electron chi connectivity index (χ2n) is 13.1. The van der Waals surface area contributed by atoms with Gasteiger partial charge in [-0.25, -0.2) is 0 Å². The van der Waals surface area contributed by atoms with E-state index in [0.717, 1.165) is 57.8 Å². The highest BCUT2D eigenvalue weighted by molar-refractivity contribution is 5.84. The fourth-order valence-corrected chi connectivity index (χ4v) is 5.26. The highest BCUT2D eigenvalue weighted by Gasteiger charge is 2.22. The van der Waals surface area contributed by atoms with E-state index in [9.17, 15) is 33.9 Å². The minimum Gasteiger partial charge on any atom is -0.481 e. The molecule has 14 nitrogen and oxygen atoms in total. The zero-order chi connectivity index (χ0) is 38.5. The van der Waals surface area contributed by atoms with E-state index in [0.29, 0.717) is 45.6 Å². The summed E-state index contributed by atoms with van der Waals surface area (Å²) in [6, 6.07) is 0. The molecule has 4 N–H and O–H groups in total. The molecule has 0 fully saturated rings. The summed E-state index contributed by atoms with van der Waals surface area (Å²) < 4.78 is 21.3. The monoisotopic (exact) mass is 744 g/mol. The van der Waals surface area contributed by atoms with Crippen LogP contribution in [-0.2, 0) is 47.7 Å². The molecule has 2 amide bonds. The molecule has 0 saturated carbocycles. The van der Waals surface area contributed by atoms with Crippen molar-refractivity contribution in [3.8, 4) is 0 Å². The summed E-state index contributed by atoms with van der Waals surface area (Å²) in [5, 5.41) is 23.6. The van der Waals surface area contributed by atoms with Crippen LogP contribution in [0.15, 0.2) is 0 Å². The first kappa shape index (κ1) is 49.1. The van der Waals surface area contributed by atoms with E-state index in [2.05, 4.69) is 10.6 Å². The third kappa shape index (κ3) is 35.5. The molecule has 0 aliphatic rings. The smallest absolute Gasteiger partial charge is 0.306 e. The van der Waals surface area contributed by atoms with Crippen LogP contribution in [0.2, 0.25) is 0 Å². The van der Waals surface area contributed by atoms with E-state index >= 15 is 0 Å². The second-order valence-corrected chi connectivity index (χ2v) is 13.1. The topological polar surface area (TPSA) is 204 Å². The highest BCUT2D eigenvalue weighted by atomic mass is 16.5. The molecule has 0 aliphatic heterocycles. The second kappa shape index (κ2) is 36.4. The Labute approximate surface area is 310 Å². The van der Waals surface area contributed by atoms with Crippen LogP contribution in [-0.4, -0.2) is 111 Å².